The lowest BCUT2D eigenvalue weighted by Crippen LogP contribution is -2.40. The molecule has 0 fully saturated rings. The number of para-hydroxylation sites is 1. The average Bonchev–Trinajstić information content (AvgIpc) is 2.88. The van der Waals surface area contributed by atoms with E-state index in [2.05, 4.69) is 36.5 Å². The SMILES string of the molecule is C[C@@H](NCCC1CN(c2ccc(F)c(C(=O)O)c2F)c2c(F)cccc2O1)c1cccc2ccccc12. The number of hydrogen-bond donors (Lipinski definition) is 2. The highest BCUT2D eigenvalue weighted by atomic mass is 19.1. The van der Waals surface area contributed by atoms with Crippen LogP contribution in [0.2, 0.25) is 0 Å². The number of nitrogens with zero attached hydrogens (tertiary/aromatic N) is 1. The molecule has 2 N–H and O–H groups in total. The molecule has 4 aromatic rings. The Kier molecular flexibility index (Phi) is 6.76. The molecule has 0 radical (unpaired) electrons. The summed E-state index contributed by atoms with van der Waals surface area (Å²) in [5.41, 5.74) is -0.163. The lowest BCUT2D eigenvalue weighted by Gasteiger charge is -2.37. The summed E-state index contributed by atoms with van der Waals surface area (Å²) >= 11 is 0. The summed E-state index contributed by atoms with van der Waals surface area (Å²) < 4.78 is 50.0. The monoisotopic (exact) mass is 506 g/mol. The van der Waals surface area contributed by atoms with Crippen LogP contribution in [-0.2, 0) is 0 Å². The Morgan fingerprint density at radius 1 is 1.03 bits per heavy atom. The molecule has 1 aliphatic heterocycles. The molecule has 5 nitrogen and oxygen atoms in total. The van der Waals surface area contributed by atoms with Crippen molar-refractivity contribution in [3.63, 3.8) is 0 Å². The molecule has 4 aromatic carbocycles. The van der Waals surface area contributed by atoms with Gasteiger partial charge in [0.2, 0.25) is 0 Å². The number of aromatic carboxylic acids is 1. The van der Waals surface area contributed by atoms with E-state index < -0.39 is 35.1 Å². The van der Waals surface area contributed by atoms with Gasteiger partial charge in [-0.2, -0.15) is 0 Å². The van der Waals surface area contributed by atoms with Crippen molar-refractivity contribution in [2.75, 3.05) is 18.0 Å². The largest absolute Gasteiger partial charge is 0.486 e. The topological polar surface area (TPSA) is 61.8 Å². The normalized spacial score (nSPS) is 15.8. The minimum Gasteiger partial charge on any atom is -0.486 e. The van der Waals surface area contributed by atoms with Gasteiger partial charge < -0.3 is 20.1 Å². The molecule has 190 valence electrons. The number of anilines is 2. The summed E-state index contributed by atoms with van der Waals surface area (Å²) in [6, 6.07) is 20.6. The molecule has 0 aromatic heterocycles. The first kappa shape index (κ1) is 24.6. The molecule has 0 bridgehead atoms. The maximum Gasteiger partial charge on any atom is 0.341 e. The predicted octanol–water partition coefficient (Wildman–Crippen LogP) is 6.60. The summed E-state index contributed by atoms with van der Waals surface area (Å²) in [6.45, 7) is 2.68. The molecular weight excluding hydrogens is 481 g/mol. The molecule has 0 aliphatic carbocycles. The second kappa shape index (κ2) is 10.1. The highest BCUT2D eigenvalue weighted by molar-refractivity contribution is 5.90. The van der Waals surface area contributed by atoms with Gasteiger partial charge in [-0.05, 0) is 60.5 Å². The minimum atomic E-state index is -1.73. The van der Waals surface area contributed by atoms with Gasteiger partial charge in [0.15, 0.2) is 11.6 Å². The maximum absolute atomic E-state index is 15.2. The Morgan fingerprint density at radius 3 is 2.59 bits per heavy atom. The number of rotatable bonds is 7. The van der Waals surface area contributed by atoms with E-state index in [1.165, 1.54) is 17.0 Å². The third kappa shape index (κ3) is 4.72. The van der Waals surface area contributed by atoms with Crippen molar-refractivity contribution in [3.8, 4) is 5.75 Å². The molecule has 0 saturated carbocycles. The fraction of sp³-hybridized carbons (Fsp3) is 0.207. The Balaban J connectivity index is 1.37. The third-order valence-electron chi connectivity index (χ3n) is 6.68. The van der Waals surface area contributed by atoms with Gasteiger partial charge in [-0.3, -0.25) is 0 Å². The van der Waals surface area contributed by atoms with E-state index in [1.54, 1.807) is 6.07 Å². The lowest BCUT2D eigenvalue weighted by atomic mass is 9.99. The molecule has 2 atom stereocenters. The molecule has 5 rings (SSSR count). The maximum atomic E-state index is 15.2. The molecule has 8 heteroatoms. The zero-order valence-corrected chi connectivity index (χ0v) is 20.0. The molecule has 0 saturated heterocycles. The van der Waals surface area contributed by atoms with Gasteiger partial charge in [0.1, 0.15) is 28.9 Å². The van der Waals surface area contributed by atoms with E-state index in [-0.39, 0.29) is 29.7 Å². The molecule has 1 aliphatic rings. The molecule has 1 unspecified atom stereocenters. The van der Waals surface area contributed by atoms with Crippen molar-refractivity contribution in [3.05, 3.63) is 101 Å². The van der Waals surface area contributed by atoms with Gasteiger partial charge in [-0.1, -0.05) is 48.5 Å². The number of carboxylic acids is 1. The summed E-state index contributed by atoms with van der Waals surface area (Å²) in [6.07, 6.45) is 0.0511. The van der Waals surface area contributed by atoms with Crippen LogP contribution in [0.5, 0.6) is 5.75 Å². The van der Waals surface area contributed by atoms with Gasteiger partial charge in [0.05, 0.1) is 12.2 Å². The van der Waals surface area contributed by atoms with E-state index >= 15 is 4.39 Å². The minimum absolute atomic E-state index is 0.0160. The van der Waals surface area contributed by atoms with Gasteiger partial charge in [-0.15, -0.1) is 0 Å². The predicted molar refractivity (Wildman–Crippen MR) is 136 cm³/mol. The number of halogens is 3. The van der Waals surface area contributed by atoms with Crippen molar-refractivity contribution in [1.82, 2.24) is 5.32 Å². The number of ether oxygens (including phenoxy) is 1. The highest BCUT2D eigenvalue weighted by Crippen LogP contribution is 2.42. The van der Waals surface area contributed by atoms with Crippen LogP contribution in [0.4, 0.5) is 24.5 Å². The molecule has 0 amide bonds. The number of fused-ring (bicyclic) bond motifs is 2. The van der Waals surface area contributed by atoms with Crippen LogP contribution in [0.15, 0.2) is 72.8 Å². The fourth-order valence-corrected chi connectivity index (χ4v) is 4.88. The lowest BCUT2D eigenvalue weighted by molar-refractivity contribution is 0.0686. The van der Waals surface area contributed by atoms with Crippen molar-refractivity contribution in [1.29, 1.82) is 0 Å². The number of carbonyl (C=O) groups is 1. The number of benzene rings is 4. The molecule has 37 heavy (non-hydrogen) atoms. The van der Waals surface area contributed by atoms with Gasteiger partial charge in [0.25, 0.3) is 0 Å². The number of carboxylic acid groups (broad SMARTS) is 1. The molecule has 1 heterocycles. The van der Waals surface area contributed by atoms with Crippen molar-refractivity contribution in [2.24, 2.45) is 0 Å². The van der Waals surface area contributed by atoms with E-state index in [1.807, 2.05) is 18.2 Å². The summed E-state index contributed by atoms with van der Waals surface area (Å²) in [7, 11) is 0. The van der Waals surface area contributed by atoms with Crippen molar-refractivity contribution >= 4 is 28.1 Å². The Bertz CT molecular complexity index is 1470. The zero-order chi connectivity index (χ0) is 26.1. The van der Waals surface area contributed by atoms with Gasteiger partial charge >= 0.3 is 5.97 Å². The van der Waals surface area contributed by atoms with E-state index in [0.717, 1.165) is 28.5 Å². The third-order valence-corrected chi connectivity index (χ3v) is 6.68. The zero-order valence-electron chi connectivity index (χ0n) is 20.0. The van der Waals surface area contributed by atoms with E-state index in [0.29, 0.717) is 13.0 Å². The molecule has 0 spiro atoms. The first-order valence-electron chi connectivity index (χ1n) is 12.0. The first-order valence-corrected chi connectivity index (χ1v) is 12.0. The standard InChI is InChI=1S/C29H25F3N2O3/c1-17(20-9-4-7-18-6-2-3-8-21(18)20)33-15-14-19-16-34(28-23(31)10-5-11-25(28)37-19)24-13-12-22(30)26(27(24)32)29(35)36/h2-13,17,19,33H,14-16H2,1H3,(H,35,36)/t17-,19?/m1/s1. The second-order valence-electron chi connectivity index (χ2n) is 9.03. The summed E-state index contributed by atoms with van der Waals surface area (Å²) in [5, 5.41) is 15.1. The Labute approximate surface area is 212 Å². The number of hydrogen-bond acceptors (Lipinski definition) is 4. The van der Waals surface area contributed by atoms with Crippen LogP contribution in [-0.4, -0.2) is 30.3 Å². The summed E-state index contributed by atoms with van der Waals surface area (Å²) in [4.78, 5) is 12.8. The van der Waals surface area contributed by atoms with Gasteiger partial charge in [0, 0.05) is 6.04 Å². The summed E-state index contributed by atoms with van der Waals surface area (Å²) in [5.74, 6) is -4.63. The van der Waals surface area contributed by atoms with Crippen LogP contribution < -0.4 is 15.0 Å². The average molecular weight is 507 g/mol. The van der Waals surface area contributed by atoms with Crippen LogP contribution in [0, 0.1) is 17.5 Å². The van der Waals surface area contributed by atoms with E-state index in [4.69, 9.17) is 4.74 Å². The fourth-order valence-electron chi connectivity index (χ4n) is 4.88. The van der Waals surface area contributed by atoms with Crippen LogP contribution >= 0.6 is 0 Å². The van der Waals surface area contributed by atoms with Crippen LogP contribution in [0.1, 0.15) is 35.3 Å². The smallest absolute Gasteiger partial charge is 0.341 e. The van der Waals surface area contributed by atoms with Crippen LogP contribution in [0.3, 0.4) is 0 Å². The molecular formula is C29H25F3N2O3. The first-order chi connectivity index (χ1) is 17.8. The highest BCUT2D eigenvalue weighted by Gasteiger charge is 2.32. The van der Waals surface area contributed by atoms with Crippen molar-refractivity contribution < 1.29 is 27.8 Å². The number of nitrogens with one attached hydrogen (secondary N) is 1. The van der Waals surface area contributed by atoms with Crippen molar-refractivity contribution in [2.45, 2.75) is 25.5 Å². The Hall–Kier alpha value is -4.04. The van der Waals surface area contributed by atoms with Gasteiger partial charge in [-0.25, -0.2) is 18.0 Å². The second-order valence-corrected chi connectivity index (χ2v) is 9.03. The van der Waals surface area contributed by atoms with Crippen LogP contribution in [0.25, 0.3) is 10.8 Å². The Morgan fingerprint density at radius 2 is 1.78 bits per heavy atom. The van der Waals surface area contributed by atoms with E-state index in [9.17, 15) is 18.7 Å². The quantitative estimate of drug-likeness (QED) is 0.296.